The van der Waals surface area contributed by atoms with Gasteiger partial charge in [0.1, 0.15) is 5.69 Å². The molecule has 4 rings (SSSR count). The second-order valence-corrected chi connectivity index (χ2v) is 7.02. The molecule has 146 valence electrons. The molecule has 0 aliphatic carbocycles. The molecule has 0 saturated carbocycles. The van der Waals surface area contributed by atoms with Crippen LogP contribution in [0.1, 0.15) is 0 Å². The molecule has 0 atom stereocenters. The first-order chi connectivity index (χ1) is 13.8. The van der Waals surface area contributed by atoms with Gasteiger partial charge in [0.05, 0.1) is 26.0 Å². The number of nitrogens with zero attached hydrogens (tertiary/aromatic N) is 7. The molecule has 3 heterocycles. The molecule has 0 amide bonds. The first-order valence-electron chi connectivity index (χ1n) is 9.33. The Hall–Kier alpha value is -2.62. The van der Waals surface area contributed by atoms with Crippen LogP contribution < -0.4 is 4.90 Å². The molecule has 28 heavy (non-hydrogen) atoms. The van der Waals surface area contributed by atoms with E-state index in [1.165, 1.54) is 5.69 Å². The van der Waals surface area contributed by atoms with Crippen molar-refractivity contribution >= 4 is 17.9 Å². The molecule has 8 nitrogen and oxygen atoms in total. The number of hydrogen-bond acceptors (Lipinski definition) is 7. The number of hydrogen-bond donors (Lipinski definition) is 1. The van der Waals surface area contributed by atoms with Crippen LogP contribution in [0.4, 0.5) is 5.69 Å². The Bertz CT molecular complexity index is 949. The van der Waals surface area contributed by atoms with Crippen molar-refractivity contribution in [3.8, 4) is 11.5 Å². The Labute approximate surface area is 168 Å². The summed E-state index contributed by atoms with van der Waals surface area (Å²) in [4.78, 5) is 13.2. The lowest BCUT2D eigenvalue weighted by Crippen LogP contribution is -2.47. The average Bonchev–Trinajstić information content (AvgIpc) is 3.06. The Kier molecular flexibility index (Phi) is 5.75. The van der Waals surface area contributed by atoms with Gasteiger partial charge in [-0.15, -0.1) is 5.10 Å². The molecule has 2 aromatic heterocycles. The first kappa shape index (κ1) is 18.7. The zero-order chi connectivity index (χ0) is 19.3. The van der Waals surface area contributed by atoms with E-state index in [-0.39, 0.29) is 6.61 Å². The van der Waals surface area contributed by atoms with Crippen molar-refractivity contribution in [1.82, 2.24) is 29.2 Å². The Morgan fingerprint density at radius 3 is 2.50 bits per heavy atom. The van der Waals surface area contributed by atoms with Gasteiger partial charge in [0, 0.05) is 44.3 Å². The zero-order valence-corrected chi connectivity index (χ0v) is 16.4. The lowest BCUT2D eigenvalue weighted by molar-refractivity contribution is 0.193. The van der Waals surface area contributed by atoms with E-state index in [1.807, 2.05) is 15.3 Å². The van der Waals surface area contributed by atoms with Gasteiger partial charge in [-0.05, 0) is 24.4 Å². The van der Waals surface area contributed by atoms with Gasteiger partial charge >= 0.3 is 0 Å². The number of piperazine rings is 1. The first-order valence-corrected chi connectivity index (χ1v) is 9.74. The summed E-state index contributed by atoms with van der Waals surface area (Å²) < 4.78 is 4.22. The minimum atomic E-state index is -0.0109. The third-order valence-corrected chi connectivity index (χ3v) is 5.30. The molecular weight excluding hydrogens is 374 g/mol. The molecule has 0 unspecified atom stereocenters. The van der Waals surface area contributed by atoms with E-state index in [4.69, 9.17) is 12.2 Å². The topological polar surface area (TPSA) is 75.2 Å². The summed E-state index contributed by atoms with van der Waals surface area (Å²) in [7, 11) is 0. The van der Waals surface area contributed by atoms with Crippen LogP contribution in [-0.4, -0.2) is 67.1 Å². The van der Waals surface area contributed by atoms with E-state index >= 15 is 0 Å². The van der Waals surface area contributed by atoms with Gasteiger partial charge in [-0.1, -0.05) is 18.2 Å². The van der Waals surface area contributed by atoms with Crippen LogP contribution in [0.25, 0.3) is 11.5 Å². The van der Waals surface area contributed by atoms with Crippen LogP contribution in [0.2, 0.25) is 0 Å². The monoisotopic (exact) mass is 397 g/mol. The van der Waals surface area contributed by atoms with Gasteiger partial charge in [0.15, 0.2) is 10.6 Å². The summed E-state index contributed by atoms with van der Waals surface area (Å²) in [5.41, 5.74) is 1.91. The van der Waals surface area contributed by atoms with Crippen molar-refractivity contribution in [2.75, 3.05) is 37.7 Å². The number of aliphatic hydroxyl groups excluding tert-OH is 1. The van der Waals surface area contributed by atoms with Gasteiger partial charge < -0.3 is 10.0 Å². The molecule has 1 aromatic carbocycles. The maximum absolute atomic E-state index is 9.43. The molecular formula is C19H23N7OS. The summed E-state index contributed by atoms with van der Waals surface area (Å²) in [6.07, 6.45) is 4.91. The minimum Gasteiger partial charge on any atom is -0.395 e. The average molecular weight is 398 g/mol. The highest BCUT2D eigenvalue weighted by molar-refractivity contribution is 7.71. The summed E-state index contributed by atoms with van der Waals surface area (Å²) in [6, 6.07) is 10.5. The highest BCUT2D eigenvalue weighted by Gasteiger charge is 2.20. The fraction of sp³-hybridized carbons (Fsp3) is 0.368. The van der Waals surface area contributed by atoms with Gasteiger partial charge in [0.2, 0.25) is 0 Å². The van der Waals surface area contributed by atoms with Crippen molar-refractivity contribution < 1.29 is 5.11 Å². The summed E-state index contributed by atoms with van der Waals surface area (Å²) >= 11 is 5.61. The lowest BCUT2D eigenvalue weighted by atomic mass is 10.2. The van der Waals surface area contributed by atoms with Gasteiger partial charge in [-0.2, -0.15) is 0 Å². The Morgan fingerprint density at radius 2 is 1.82 bits per heavy atom. The fourth-order valence-electron chi connectivity index (χ4n) is 3.41. The van der Waals surface area contributed by atoms with E-state index in [9.17, 15) is 5.11 Å². The largest absolute Gasteiger partial charge is 0.395 e. The van der Waals surface area contributed by atoms with E-state index in [1.54, 1.807) is 18.6 Å². The normalized spacial score (nSPS) is 15.1. The Balaban J connectivity index is 1.49. The third-order valence-electron chi connectivity index (χ3n) is 4.87. The molecule has 1 saturated heterocycles. The SMILES string of the molecule is OCCn1c(-c2cnccn2)nn(CN2CCN(c3ccccc3)CC2)c1=S. The van der Waals surface area contributed by atoms with Gasteiger partial charge in [-0.25, -0.2) is 9.67 Å². The van der Waals surface area contributed by atoms with Crippen LogP contribution >= 0.6 is 12.2 Å². The maximum atomic E-state index is 9.43. The highest BCUT2D eigenvalue weighted by atomic mass is 32.1. The lowest BCUT2D eigenvalue weighted by Gasteiger charge is -2.35. The summed E-state index contributed by atoms with van der Waals surface area (Å²) in [6.45, 7) is 4.79. The summed E-state index contributed by atoms with van der Waals surface area (Å²) in [5, 5.41) is 14.1. The second-order valence-electron chi connectivity index (χ2n) is 6.65. The van der Waals surface area contributed by atoms with Crippen LogP contribution in [0.15, 0.2) is 48.9 Å². The number of aromatic nitrogens is 5. The molecule has 1 aliphatic rings. The molecule has 3 aromatic rings. The predicted molar refractivity (Wildman–Crippen MR) is 109 cm³/mol. The van der Waals surface area contributed by atoms with E-state index in [0.717, 1.165) is 26.2 Å². The van der Waals surface area contributed by atoms with Crippen molar-refractivity contribution in [2.45, 2.75) is 13.2 Å². The molecule has 1 fully saturated rings. The number of benzene rings is 1. The van der Waals surface area contributed by atoms with Gasteiger partial charge in [0.25, 0.3) is 0 Å². The smallest absolute Gasteiger partial charge is 0.199 e. The number of para-hydroxylation sites is 1. The van der Waals surface area contributed by atoms with Crippen molar-refractivity contribution in [3.05, 3.63) is 53.7 Å². The Morgan fingerprint density at radius 1 is 1.04 bits per heavy atom. The summed E-state index contributed by atoms with van der Waals surface area (Å²) in [5.74, 6) is 0.634. The fourth-order valence-corrected chi connectivity index (χ4v) is 3.69. The number of aliphatic hydroxyl groups is 1. The molecule has 9 heteroatoms. The highest BCUT2D eigenvalue weighted by Crippen LogP contribution is 2.18. The third kappa shape index (κ3) is 3.96. The van der Waals surface area contributed by atoms with Gasteiger partial charge in [-0.3, -0.25) is 14.5 Å². The van der Waals surface area contributed by atoms with Crippen molar-refractivity contribution in [3.63, 3.8) is 0 Å². The van der Waals surface area contributed by atoms with E-state index in [0.29, 0.717) is 29.5 Å². The number of rotatable bonds is 6. The van der Waals surface area contributed by atoms with Crippen molar-refractivity contribution in [1.29, 1.82) is 0 Å². The molecule has 0 spiro atoms. The number of anilines is 1. The standard InChI is InChI=1S/C19H23N7OS/c27-13-12-25-18(17-14-20-6-7-21-17)22-26(19(25)28)15-23-8-10-24(11-9-23)16-4-2-1-3-5-16/h1-7,14,27H,8-13,15H2. The quantitative estimate of drug-likeness (QED) is 0.634. The minimum absolute atomic E-state index is 0.0109. The molecule has 0 bridgehead atoms. The van der Waals surface area contributed by atoms with Crippen LogP contribution in [0, 0.1) is 4.77 Å². The van der Waals surface area contributed by atoms with Crippen LogP contribution in [0.5, 0.6) is 0 Å². The maximum Gasteiger partial charge on any atom is 0.199 e. The van der Waals surface area contributed by atoms with Crippen molar-refractivity contribution in [2.24, 2.45) is 0 Å². The second kappa shape index (κ2) is 8.59. The molecule has 1 N–H and O–H groups in total. The molecule has 0 radical (unpaired) electrons. The predicted octanol–water partition coefficient (Wildman–Crippen LogP) is 1.64. The van der Waals surface area contributed by atoms with E-state index in [2.05, 4.69) is 49.1 Å². The zero-order valence-electron chi connectivity index (χ0n) is 15.6. The van der Waals surface area contributed by atoms with Crippen LogP contribution in [-0.2, 0) is 13.2 Å². The van der Waals surface area contributed by atoms with Crippen LogP contribution in [0.3, 0.4) is 0 Å². The van der Waals surface area contributed by atoms with E-state index < -0.39 is 0 Å². The molecule has 1 aliphatic heterocycles.